The maximum absolute atomic E-state index is 9.43. The second-order valence-corrected chi connectivity index (χ2v) is 4.98. The van der Waals surface area contributed by atoms with E-state index in [0.717, 1.165) is 22.5 Å². The Morgan fingerprint density at radius 2 is 1.91 bits per heavy atom. The molecule has 3 N–H and O–H groups in total. The highest BCUT2D eigenvalue weighted by atomic mass is 16.3. The third-order valence-corrected chi connectivity index (χ3v) is 3.38. The number of hydrogen-bond acceptors (Lipinski definition) is 4. The summed E-state index contributed by atoms with van der Waals surface area (Å²) in [6.07, 6.45) is 0. The van der Waals surface area contributed by atoms with E-state index in [4.69, 9.17) is 5.26 Å². The van der Waals surface area contributed by atoms with Crippen LogP contribution in [0.15, 0.2) is 48.5 Å². The second-order valence-electron chi connectivity index (χ2n) is 4.98. The Labute approximate surface area is 127 Å². The number of aromatic hydroxyl groups is 1. The van der Waals surface area contributed by atoms with Crippen molar-refractivity contribution >= 4 is 11.5 Å². The van der Waals surface area contributed by atoms with Crippen LogP contribution in [0.25, 0.3) is 11.3 Å². The first-order valence-electron chi connectivity index (χ1n) is 6.78. The molecule has 0 spiro atoms. The van der Waals surface area contributed by atoms with Crippen LogP contribution in [0, 0.1) is 18.3 Å². The Kier molecular flexibility index (Phi) is 3.50. The molecule has 0 fully saturated rings. The quantitative estimate of drug-likeness (QED) is 0.642. The van der Waals surface area contributed by atoms with Gasteiger partial charge in [0.25, 0.3) is 0 Å². The third kappa shape index (κ3) is 2.76. The lowest BCUT2D eigenvalue weighted by Crippen LogP contribution is -1.92. The maximum Gasteiger partial charge on any atom is 0.152 e. The molecule has 0 unspecified atom stereocenters. The van der Waals surface area contributed by atoms with Crippen molar-refractivity contribution in [1.82, 2.24) is 10.2 Å². The lowest BCUT2D eigenvalue weighted by Gasteiger charge is -2.06. The monoisotopic (exact) mass is 290 g/mol. The topological polar surface area (TPSA) is 84.7 Å². The number of anilines is 2. The van der Waals surface area contributed by atoms with Crippen molar-refractivity contribution in [3.8, 4) is 23.1 Å². The summed E-state index contributed by atoms with van der Waals surface area (Å²) in [7, 11) is 0. The first kappa shape index (κ1) is 13.7. The zero-order chi connectivity index (χ0) is 15.5. The van der Waals surface area contributed by atoms with Crippen molar-refractivity contribution in [2.24, 2.45) is 0 Å². The Hall–Kier alpha value is -3.26. The van der Waals surface area contributed by atoms with Crippen LogP contribution in [-0.2, 0) is 0 Å². The number of nitrogens with one attached hydrogen (secondary N) is 2. The third-order valence-electron chi connectivity index (χ3n) is 3.38. The molecule has 108 valence electrons. The maximum atomic E-state index is 9.43. The van der Waals surface area contributed by atoms with Crippen LogP contribution < -0.4 is 5.32 Å². The van der Waals surface area contributed by atoms with Gasteiger partial charge in [0.05, 0.1) is 17.3 Å². The van der Waals surface area contributed by atoms with Gasteiger partial charge >= 0.3 is 0 Å². The van der Waals surface area contributed by atoms with Crippen LogP contribution in [0.4, 0.5) is 11.5 Å². The van der Waals surface area contributed by atoms with Gasteiger partial charge < -0.3 is 10.4 Å². The molecule has 0 bridgehead atoms. The SMILES string of the molecule is Cc1cc(O)ccc1Nc1cc(-c2ccc(C#N)cc2)[nH]n1. The molecule has 1 aromatic heterocycles. The van der Waals surface area contributed by atoms with E-state index in [-0.39, 0.29) is 5.75 Å². The minimum Gasteiger partial charge on any atom is -0.508 e. The molecule has 3 rings (SSSR count). The fraction of sp³-hybridized carbons (Fsp3) is 0.0588. The molecule has 5 nitrogen and oxygen atoms in total. The molecule has 3 aromatic rings. The molecule has 22 heavy (non-hydrogen) atoms. The molecule has 0 aliphatic carbocycles. The van der Waals surface area contributed by atoms with E-state index in [1.807, 2.05) is 25.1 Å². The van der Waals surface area contributed by atoms with Crippen molar-refractivity contribution in [2.75, 3.05) is 5.32 Å². The van der Waals surface area contributed by atoms with E-state index in [2.05, 4.69) is 21.6 Å². The van der Waals surface area contributed by atoms with Crippen LogP contribution in [0.2, 0.25) is 0 Å². The van der Waals surface area contributed by atoms with Crippen LogP contribution in [0.3, 0.4) is 0 Å². The van der Waals surface area contributed by atoms with E-state index in [0.29, 0.717) is 11.4 Å². The summed E-state index contributed by atoms with van der Waals surface area (Å²) in [5.41, 5.74) is 4.27. The Morgan fingerprint density at radius 3 is 2.59 bits per heavy atom. The van der Waals surface area contributed by atoms with Crippen LogP contribution in [0.1, 0.15) is 11.1 Å². The summed E-state index contributed by atoms with van der Waals surface area (Å²) in [5, 5.41) is 28.6. The second kappa shape index (κ2) is 5.62. The highest BCUT2D eigenvalue weighted by molar-refractivity contribution is 5.68. The zero-order valence-corrected chi connectivity index (χ0v) is 12.0. The van der Waals surface area contributed by atoms with Crippen molar-refractivity contribution in [2.45, 2.75) is 6.92 Å². The van der Waals surface area contributed by atoms with Gasteiger partial charge in [0.2, 0.25) is 0 Å². The molecule has 0 aliphatic heterocycles. The van der Waals surface area contributed by atoms with E-state index < -0.39 is 0 Å². The summed E-state index contributed by atoms with van der Waals surface area (Å²) >= 11 is 0. The van der Waals surface area contributed by atoms with Gasteiger partial charge in [-0.05, 0) is 48.4 Å². The van der Waals surface area contributed by atoms with Gasteiger partial charge in [0.15, 0.2) is 5.82 Å². The Balaban J connectivity index is 1.82. The van der Waals surface area contributed by atoms with Gasteiger partial charge in [-0.15, -0.1) is 0 Å². The highest BCUT2D eigenvalue weighted by Gasteiger charge is 2.06. The predicted octanol–water partition coefficient (Wildman–Crippen LogP) is 3.71. The molecule has 5 heteroatoms. The van der Waals surface area contributed by atoms with Gasteiger partial charge in [0.1, 0.15) is 5.75 Å². The summed E-state index contributed by atoms with van der Waals surface area (Å²) in [6, 6.07) is 16.4. The van der Waals surface area contributed by atoms with Gasteiger partial charge in [-0.1, -0.05) is 12.1 Å². The Morgan fingerprint density at radius 1 is 1.14 bits per heavy atom. The van der Waals surface area contributed by atoms with Crippen LogP contribution in [0.5, 0.6) is 5.75 Å². The molecular weight excluding hydrogens is 276 g/mol. The van der Waals surface area contributed by atoms with Crippen molar-refractivity contribution < 1.29 is 5.11 Å². The summed E-state index contributed by atoms with van der Waals surface area (Å²) < 4.78 is 0. The number of nitriles is 1. The number of aromatic amines is 1. The summed E-state index contributed by atoms with van der Waals surface area (Å²) in [5.74, 6) is 0.927. The fourth-order valence-electron chi connectivity index (χ4n) is 2.18. The number of benzene rings is 2. The average Bonchev–Trinajstić information content (AvgIpc) is 2.99. The first-order chi connectivity index (χ1) is 10.7. The molecule has 1 heterocycles. The Bertz CT molecular complexity index is 844. The molecule has 2 aromatic carbocycles. The van der Waals surface area contributed by atoms with E-state index in [9.17, 15) is 5.11 Å². The number of phenolic OH excluding ortho intramolecular Hbond substituents is 1. The minimum atomic E-state index is 0.239. The van der Waals surface area contributed by atoms with Gasteiger partial charge in [-0.25, -0.2) is 0 Å². The molecule has 0 atom stereocenters. The predicted molar refractivity (Wildman–Crippen MR) is 84.9 cm³/mol. The van der Waals surface area contributed by atoms with Crippen molar-refractivity contribution in [3.63, 3.8) is 0 Å². The number of aromatic nitrogens is 2. The molecular formula is C17H14N4O. The van der Waals surface area contributed by atoms with E-state index in [1.54, 1.807) is 30.3 Å². The molecule has 0 amide bonds. The van der Waals surface area contributed by atoms with Crippen molar-refractivity contribution in [3.05, 3.63) is 59.7 Å². The lowest BCUT2D eigenvalue weighted by molar-refractivity contribution is 0.475. The van der Waals surface area contributed by atoms with Crippen molar-refractivity contribution in [1.29, 1.82) is 5.26 Å². The standard InChI is InChI=1S/C17H14N4O/c1-11-8-14(22)6-7-15(11)19-17-9-16(20-21-17)13-4-2-12(10-18)3-5-13/h2-9,22H,1H3,(H2,19,20,21). The largest absolute Gasteiger partial charge is 0.508 e. The molecule has 0 radical (unpaired) electrons. The van der Waals surface area contributed by atoms with Crippen LogP contribution >= 0.6 is 0 Å². The smallest absolute Gasteiger partial charge is 0.152 e. The molecule has 0 saturated heterocycles. The zero-order valence-electron chi connectivity index (χ0n) is 12.0. The summed E-state index contributed by atoms with van der Waals surface area (Å²) in [4.78, 5) is 0. The van der Waals surface area contributed by atoms with Gasteiger partial charge in [0, 0.05) is 11.8 Å². The first-order valence-corrected chi connectivity index (χ1v) is 6.78. The number of hydrogen-bond donors (Lipinski definition) is 3. The van der Waals surface area contributed by atoms with Crippen LogP contribution in [-0.4, -0.2) is 15.3 Å². The summed E-state index contributed by atoms with van der Waals surface area (Å²) in [6.45, 7) is 1.91. The number of rotatable bonds is 3. The molecule has 0 aliphatic rings. The highest BCUT2D eigenvalue weighted by Crippen LogP contribution is 2.25. The number of phenols is 1. The van der Waals surface area contributed by atoms with E-state index in [1.165, 1.54) is 0 Å². The normalized spacial score (nSPS) is 10.2. The number of aryl methyl sites for hydroxylation is 1. The van der Waals surface area contributed by atoms with Gasteiger partial charge in [-0.3, -0.25) is 5.10 Å². The van der Waals surface area contributed by atoms with Gasteiger partial charge in [-0.2, -0.15) is 10.4 Å². The fourth-order valence-corrected chi connectivity index (χ4v) is 2.18. The number of nitrogens with zero attached hydrogens (tertiary/aromatic N) is 2. The minimum absolute atomic E-state index is 0.239. The number of H-pyrrole nitrogens is 1. The average molecular weight is 290 g/mol. The van der Waals surface area contributed by atoms with E-state index >= 15 is 0 Å². The molecule has 0 saturated carbocycles. The lowest BCUT2D eigenvalue weighted by atomic mass is 10.1.